The lowest BCUT2D eigenvalue weighted by atomic mass is 10.0. The van der Waals surface area contributed by atoms with Crippen LogP contribution in [0, 0.1) is 12.7 Å². The Hall–Kier alpha value is -3.84. The number of alkyl halides is 3. The number of anilines is 2. The van der Waals surface area contributed by atoms with E-state index < -0.39 is 29.3 Å². The molecule has 1 aromatic heterocycles. The van der Waals surface area contributed by atoms with Gasteiger partial charge < -0.3 is 20.3 Å². The summed E-state index contributed by atoms with van der Waals surface area (Å²) in [7, 11) is 0. The number of aromatic nitrogens is 2. The number of nitrogens with zero attached hydrogens (tertiary/aromatic N) is 4. The van der Waals surface area contributed by atoms with Gasteiger partial charge in [0, 0.05) is 45.2 Å². The summed E-state index contributed by atoms with van der Waals surface area (Å²) < 4.78 is 62.2. The molecule has 2 heterocycles. The quantitative estimate of drug-likeness (QED) is 0.427. The monoisotopic (exact) mass is 576 g/mol. The van der Waals surface area contributed by atoms with E-state index in [1.54, 1.807) is 19.9 Å². The van der Waals surface area contributed by atoms with Crippen molar-refractivity contribution in [2.75, 3.05) is 50.0 Å². The predicted octanol–water partition coefficient (Wildman–Crippen LogP) is 5.00. The molecule has 4 rings (SSSR count). The lowest BCUT2D eigenvalue weighted by Crippen LogP contribution is -2.45. The standard InChI is InChI=1S/C28H32F4N6O3/c1-4-37-8-10-38(11-9-37)16-18-12-22(29)23(14-21(18)28(30,31)32)35-27(40)36-24-15-33-26(34-17(24)3)20-7-6-19(39)13-25(20)41-5-2/h7,12-15H,4-6,8-11,16H2,1-3H3,(H2,35,36,40). The average Bonchev–Trinajstić information content (AvgIpc) is 2.91. The van der Waals surface area contributed by atoms with Crippen molar-refractivity contribution < 1.29 is 31.9 Å². The van der Waals surface area contributed by atoms with Crippen LogP contribution >= 0.6 is 0 Å². The number of aryl methyl sites for hydroxylation is 1. The minimum absolute atomic E-state index is 0.0521. The Balaban J connectivity index is 1.48. The molecule has 2 amide bonds. The molecule has 13 heteroatoms. The van der Waals surface area contributed by atoms with Crippen LogP contribution in [0.5, 0.6) is 0 Å². The number of ketones is 1. The Morgan fingerprint density at radius 2 is 1.76 bits per heavy atom. The van der Waals surface area contributed by atoms with Crippen molar-refractivity contribution >= 4 is 28.8 Å². The summed E-state index contributed by atoms with van der Waals surface area (Å²) in [6.07, 6.45) is -0.238. The van der Waals surface area contributed by atoms with Gasteiger partial charge in [0.15, 0.2) is 11.6 Å². The Labute approximate surface area is 235 Å². The first-order valence-corrected chi connectivity index (χ1v) is 13.3. The van der Waals surface area contributed by atoms with Crippen molar-refractivity contribution in [1.82, 2.24) is 19.8 Å². The fourth-order valence-electron chi connectivity index (χ4n) is 4.67. The first-order valence-electron chi connectivity index (χ1n) is 13.3. The van der Waals surface area contributed by atoms with Crippen LogP contribution in [-0.2, 0) is 22.3 Å². The number of urea groups is 1. The molecule has 0 bridgehead atoms. The van der Waals surface area contributed by atoms with Crippen LogP contribution in [0.4, 0.5) is 33.7 Å². The smallest absolute Gasteiger partial charge is 0.416 e. The van der Waals surface area contributed by atoms with Gasteiger partial charge in [0.25, 0.3) is 0 Å². The van der Waals surface area contributed by atoms with Gasteiger partial charge in [-0.1, -0.05) is 13.0 Å². The van der Waals surface area contributed by atoms with Gasteiger partial charge in [0.1, 0.15) is 11.6 Å². The number of carbonyl (C=O) groups is 2. The summed E-state index contributed by atoms with van der Waals surface area (Å²) in [6, 6.07) is 0.495. The molecule has 2 aromatic rings. The Morgan fingerprint density at radius 3 is 2.39 bits per heavy atom. The minimum Gasteiger partial charge on any atom is -0.493 e. The number of hydrogen-bond acceptors (Lipinski definition) is 7. The zero-order chi connectivity index (χ0) is 29.7. The molecule has 1 saturated heterocycles. The first-order chi connectivity index (χ1) is 19.5. The van der Waals surface area contributed by atoms with E-state index in [0.29, 0.717) is 42.8 Å². The van der Waals surface area contributed by atoms with E-state index in [-0.39, 0.29) is 35.8 Å². The number of piperazine rings is 1. The van der Waals surface area contributed by atoms with Crippen LogP contribution in [0.25, 0.3) is 5.57 Å². The zero-order valence-electron chi connectivity index (χ0n) is 23.1. The number of carbonyl (C=O) groups excluding carboxylic acids is 2. The van der Waals surface area contributed by atoms with Crippen molar-refractivity contribution in [3.8, 4) is 0 Å². The molecule has 0 spiro atoms. The second kappa shape index (κ2) is 12.8. The Bertz CT molecular complexity index is 1370. The molecule has 2 N–H and O–H groups in total. The number of hydrogen-bond donors (Lipinski definition) is 2. The van der Waals surface area contributed by atoms with Crippen molar-refractivity contribution in [3.05, 3.63) is 64.7 Å². The van der Waals surface area contributed by atoms with Gasteiger partial charge in [-0.15, -0.1) is 0 Å². The van der Waals surface area contributed by atoms with E-state index in [2.05, 4.69) is 25.5 Å². The zero-order valence-corrected chi connectivity index (χ0v) is 23.1. The maximum absolute atomic E-state index is 14.9. The summed E-state index contributed by atoms with van der Waals surface area (Å²) in [5.41, 5.74) is -0.764. The number of halogens is 4. The summed E-state index contributed by atoms with van der Waals surface area (Å²) in [5, 5.41) is 4.62. The third-order valence-electron chi connectivity index (χ3n) is 6.89. The molecular formula is C28H32F4N6O3. The molecule has 1 aliphatic heterocycles. The molecule has 220 valence electrons. The van der Waals surface area contributed by atoms with Gasteiger partial charge in [0.2, 0.25) is 0 Å². The van der Waals surface area contributed by atoms with Crippen molar-refractivity contribution in [1.29, 1.82) is 0 Å². The number of rotatable bonds is 8. The molecule has 1 aliphatic carbocycles. The van der Waals surface area contributed by atoms with Gasteiger partial charge in [-0.2, -0.15) is 13.2 Å². The second-order valence-corrected chi connectivity index (χ2v) is 9.70. The molecule has 9 nitrogen and oxygen atoms in total. The summed E-state index contributed by atoms with van der Waals surface area (Å²) in [5.74, 6) is -0.488. The highest BCUT2D eigenvalue weighted by Crippen LogP contribution is 2.36. The summed E-state index contributed by atoms with van der Waals surface area (Å²) >= 11 is 0. The molecule has 1 fully saturated rings. The van der Waals surface area contributed by atoms with Crippen molar-refractivity contribution in [2.24, 2.45) is 0 Å². The molecule has 0 radical (unpaired) electrons. The van der Waals surface area contributed by atoms with Crippen LogP contribution in [0.15, 0.2) is 36.2 Å². The van der Waals surface area contributed by atoms with Crippen LogP contribution in [-0.4, -0.2) is 70.9 Å². The lowest BCUT2D eigenvalue weighted by molar-refractivity contribution is -0.138. The van der Waals surface area contributed by atoms with E-state index in [1.807, 2.05) is 11.8 Å². The number of likely N-dealkylation sites (N-methyl/N-ethyl adjacent to an activating group) is 1. The van der Waals surface area contributed by atoms with Gasteiger partial charge >= 0.3 is 12.2 Å². The molecule has 41 heavy (non-hydrogen) atoms. The second-order valence-electron chi connectivity index (χ2n) is 9.70. The topological polar surface area (TPSA) is 99.7 Å². The van der Waals surface area contributed by atoms with Crippen molar-refractivity contribution in [2.45, 2.75) is 39.9 Å². The van der Waals surface area contributed by atoms with Gasteiger partial charge in [-0.3, -0.25) is 9.69 Å². The molecule has 1 aromatic carbocycles. The molecule has 0 atom stereocenters. The molecule has 2 aliphatic rings. The number of allylic oxidation sites excluding steroid dienone is 3. The number of benzene rings is 1. The summed E-state index contributed by atoms with van der Waals surface area (Å²) in [4.78, 5) is 37.1. The largest absolute Gasteiger partial charge is 0.493 e. The molecular weight excluding hydrogens is 544 g/mol. The average molecular weight is 577 g/mol. The normalized spacial score (nSPS) is 16.7. The Morgan fingerprint density at radius 1 is 1.07 bits per heavy atom. The highest BCUT2D eigenvalue weighted by atomic mass is 19.4. The van der Waals surface area contributed by atoms with E-state index in [4.69, 9.17) is 4.74 Å². The highest BCUT2D eigenvalue weighted by molar-refractivity contribution is 6.00. The van der Waals surface area contributed by atoms with E-state index in [9.17, 15) is 27.2 Å². The van der Waals surface area contributed by atoms with E-state index >= 15 is 0 Å². The molecule has 0 saturated carbocycles. The third kappa shape index (κ3) is 7.47. The predicted molar refractivity (Wildman–Crippen MR) is 146 cm³/mol. The van der Waals surface area contributed by atoms with Crippen LogP contribution in [0.1, 0.15) is 42.9 Å². The minimum atomic E-state index is -4.74. The van der Waals surface area contributed by atoms with Crippen LogP contribution < -0.4 is 10.6 Å². The number of ether oxygens (including phenoxy) is 1. The third-order valence-corrected chi connectivity index (χ3v) is 6.89. The molecule has 0 unspecified atom stereocenters. The van der Waals surface area contributed by atoms with Crippen LogP contribution in [0.3, 0.4) is 0 Å². The summed E-state index contributed by atoms with van der Waals surface area (Å²) in [6.45, 7) is 9.14. The SMILES string of the molecule is CCOC1=CC(=O)CC=C1c1ncc(NC(=O)Nc2cc(C(F)(F)F)c(CN3CCN(CC)CC3)cc2F)c(C)n1. The maximum Gasteiger partial charge on any atom is 0.416 e. The Kier molecular flexibility index (Phi) is 9.38. The highest BCUT2D eigenvalue weighted by Gasteiger charge is 2.35. The van der Waals surface area contributed by atoms with E-state index in [0.717, 1.165) is 25.7 Å². The maximum atomic E-state index is 14.9. The van der Waals surface area contributed by atoms with Crippen LogP contribution in [0.2, 0.25) is 0 Å². The fraction of sp³-hybridized carbons (Fsp3) is 0.429. The van der Waals surface area contributed by atoms with E-state index in [1.165, 1.54) is 12.3 Å². The van der Waals surface area contributed by atoms with Gasteiger partial charge in [-0.25, -0.2) is 19.2 Å². The fourth-order valence-corrected chi connectivity index (χ4v) is 4.67. The van der Waals surface area contributed by atoms with Crippen molar-refractivity contribution in [3.63, 3.8) is 0 Å². The number of nitrogens with one attached hydrogen (secondary N) is 2. The van der Waals surface area contributed by atoms with Gasteiger partial charge in [0.05, 0.1) is 41.0 Å². The first kappa shape index (κ1) is 30.1. The number of amides is 2. The lowest BCUT2D eigenvalue weighted by Gasteiger charge is -2.34. The van der Waals surface area contributed by atoms with Gasteiger partial charge in [-0.05, 0) is 38.1 Å².